The molecule has 1 atom stereocenters. The molecule has 104 valence electrons. The predicted molar refractivity (Wildman–Crippen MR) is 81.9 cm³/mol. The summed E-state index contributed by atoms with van der Waals surface area (Å²) in [6, 6.07) is 15.0. The largest absolute Gasteiger partial charge is 0.508 e. The molecule has 0 saturated heterocycles. The summed E-state index contributed by atoms with van der Waals surface area (Å²) in [5.74, 6) is 0.388. The lowest BCUT2D eigenvalue weighted by Crippen LogP contribution is -2.34. The highest BCUT2D eigenvalue weighted by Crippen LogP contribution is 2.22. The average molecular weight is 267 g/mol. The van der Waals surface area contributed by atoms with Crippen molar-refractivity contribution in [1.82, 2.24) is 5.32 Å². The van der Waals surface area contributed by atoms with Crippen LogP contribution in [-0.4, -0.2) is 11.1 Å². The maximum Gasteiger partial charge on any atom is 0.120 e. The van der Waals surface area contributed by atoms with Gasteiger partial charge in [-0.05, 0) is 43.4 Å². The smallest absolute Gasteiger partial charge is 0.120 e. The van der Waals surface area contributed by atoms with Crippen molar-refractivity contribution in [1.29, 1.82) is 0 Å². The SMILES string of the molecule is Cc1ccc(O)c(CNC2CCc3ccccc3C2)c1. The molecule has 0 heterocycles. The van der Waals surface area contributed by atoms with E-state index in [1.807, 2.05) is 6.07 Å². The molecule has 0 amide bonds. The summed E-state index contributed by atoms with van der Waals surface area (Å²) in [7, 11) is 0. The molecular formula is C18H21NO. The molecule has 0 radical (unpaired) electrons. The second kappa shape index (κ2) is 5.68. The average Bonchev–Trinajstić information content (AvgIpc) is 2.48. The highest BCUT2D eigenvalue weighted by atomic mass is 16.3. The molecule has 20 heavy (non-hydrogen) atoms. The second-order valence-corrected chi connectivity index (χ2v) is 5.72. The van der Waals surface area contributed by atoms with Crippen molar-refractivity contribution in [2.24, 2.45) is 0 Å². The molecule has 0 aromatic heterocycles. The predicted octanol–water partition coefficient (Wildman–Crippen LogP) is 3.35. The van der Waals surface area contributed by atoms with Crippen LogP contribution in [0.4, 0.5) is 0 Å². The molecule has 0 saturated carbocycles. The van der Waals surface area contributed by atoms with Gasteiger partial charge in [0, 0.05) is 18.2 Å². The fourth-order valence-corrected chi connectivity index (χ4v) is 2.98. The van der Waals surface area contributed by atoms with E-state index in [1.54, 1.807) is 6.07 Å². The van der Waals surface area contributed by atoms with E-state index in [0.717, 1.165) is 24.9 Å². The van der Waals surface area contributed by atoms with Crippen molar-refractivity contribution >= 4 is 0 Å². The zero-order valence-corrected chi connectivity index (χ0v) is 11.9. The molecule has 2 N–H and O–H groups in total. The van der Waals surface area contributed by atoms with Crippen LogP contribution in [0.3, 0.4) is 0 Å². The van der Waals surface area contributed by atoms with Crippen LogP contribution in [0, 0.1) is 6.92 Å². The van der Waals surface area contributed by atoms with E-state index in [9.17, 15) is 5.11 Å². The first-order valence-corrected chi connectivity index (χ1v) is 7.31. The molecule has 3 rings (SSSR count). The van der Waals surface area contributed by atoms with E-state index >= 15 is 0 Å². The molecule has 1 aliphatic rings. The van der Waals surface area contributed by atoms with Gasteiger partial charge in [0.05, 0.1) is 0 Å². The number of hydrogen-bond acceptors (Lipinski definition) is 2. The molecule has 0 bridgehead atoms. The summed E-state index contributed by atoms with van der Waals surface area (Å²) >= 11 is 0. The normalized spacial score (nSPS) is 17.8. The highest BCUT2D eigenvalue weighted by molar-refractivity contribution is 5.36. The number of aryl methyl sites for hydroxylation is 2. The fourth-order valence-electron chi connectivity index (χ4n) is 2.98. The van der Waals surface area contributed by atoms with Crippen LogP contribution < -0.4 is 5.32 Å². The number of phenols is 1. The highest BCUT2D eigenvalue weighted by Gasteiger charge is 2.17. The minimum Gasteiger partial charge on any atom is -0.508 e. The lowest BCUT2D eigenvalue weighted by atomic mass is 9.88. The number of rotatable bonds is 3. The van der Waals surface area contributed by atoms with Crippen molar-refractivity contribution < 1.29 is 5.11 Å². The molecular weight excluding hydrogens is 246 g/mol. The van der Waals surface area contributed by atoms with E-state index in [2.05, 4.69) is 42.6 Å². The third-order valence-electron chi connectivity index (χ3n) is 4.16. The minimum atomic E-state index is 0.388. The van der Waals surface area contributed by atoms with Gasteiger partial charge in [0.2, 0.25) is 0 Å². The van der Waals surface area contributed by atoms with Gasteiger partial charge in [0.15, 0.2) is 0 Å². The summed E-state index contributed by atoms with van der Waals surface area (Å²) in [4.78, 5) is 0. The molecule has 2 aromatic carbocycles. The summed E-state index contributed by atoms with van der Waals surface area (Å²) in [5.41, 5.74) is 5.13. The number of aromatic hydroxyl groups is 1. The Labute approximate surface area is 120 Å². The van der Waals surface area contributed by atoms with Crippen molar-refractivity contribution in [3.63, 3.8) is 0 Å². The number of phenolic OH excluding ortho intramolecular Hbond substituents is 1. The van der Waals surface area contributed by atoms with Crippen molar-refractivity contribution in [2.75, 3.05) is 0 Å². The van der Waals surface area contributed by atoms with Crippen LogP contribution in [-0.2, 0) is 19.4 Å². The zero-order valence-electron chi connectivity index (χ0n) is 11.9. The first-order valence-electron chi connectivity index (χ1n) is 7.31. The lowest BCUT2D eigenvalue weighted by Gasteiger charge is -2.25. The van der Waals surface area contributed by atoms with Gasteiger partial charge in [0.1, 0.15) is 5.75 Å². The Morgan fingerprint density at radius 2 is 1.95 bits per heavy atom. The third-order valence-corrected chi connectivity index (χ3v) is 4.16. The van der Waals surface area contributed by atoms with Gasteiger partial charge >= 0.3 is 0 Å². The Kier molecular flexibility index (Phi) is 3.75. The van der Waals surface area contributed by atoms with Gasteiger partial charge in [0.25, 0.3) is 0 Å². The maximum atomic E-state index is 9.88. The van der Waals surface area contributed by atoms with Crippen molar-refractivity contribution in [3.05, 3.63) is 64.7 Å². The molecule has 2 heteroatoms. The maximum absolute atomic E-state index is 9.88. The Hall–Kier alpha value is -1.80. The first kappa shape index (κ1) is 13.2. The molecule has 0 spiro atoms. The topological polar surface area (TPSA) is 32.3 Å². The van der Waals surface area contributed by atoms with Gasteiger partial charge < -0.3 is 10.4 Å². The molecule has 2 nitrogen and oxygen atoms in total. The molecule has 2 aromatic rings. The summed E-state index contributed by atoms with van der Waals surface area (Å²) in [6.45, 7) is 2.79. The third kappa shape index (κ3) is 2.86. The fraction of sp³-hybridized carbons (Fsp3) is 0.333. The van der Waals surface area contributed by atoms with Crippen LogP contribution in [0.25, 0.3) is 0 Å². The van der Waals surface area contributed by atoms with Gasteiger partial charge in [-0.3, -0.25) is 0 Å². The van der Waals surface area contributed by atoms with Crippen LogP contribution in [0.5, 0.6) is 5.75 Å². The molecule has 0 aliphatic heterocycles. The van der Waals surface area contributed by atoms with Gasteiger partial charge in [-0.15, -0.1) is 0 Å². The van der Waals surface area contributed by atoms with Gasteiger partial charge in [-0.2, -0.15) is 0 Å². The van der Waals surface area contributed by atoms with E-state index < -0.39 is 0 Å². The van der Waals surface area contributed by atoms with E-state index in [0.29, 0.717) is 11.8 Å². The Morgan fingerprint density at radius 1 is 1.15 bits per heavy atom. The molecule has 0 fully saturated rings. The van der Waals surface area contributed by atoms with Gasteiger partial charge in [-0.25, -0.2) is 0 Å². The Balaban J connectivity index is 1.64. The van der Waals surface area contributed by atoms with E-state index in [1.165, 1.54) is 23.1 Å². The van der Waals surface area contributed by atoms with Crippen molar-refractivity contribution in [2.45, 2.75) is 38.8 Å². The zero-order chi connectivity index (χ0) is 13.9. The Bertz CT molecular complexity index is 606. The summed E-state index contributed by atoms with van der Waals surface area (Å²) in [6.07, 6.45) is 3.40. The van der Waals surface area contributed by atoms with Crippen LogP contribution in [0.15, 0.2) is 42.5 Å². The van der Waals surface area contributed by atoms with E-state index in [4.69, 9.17) is 0 Å². The quantitative estimate of drug-likeness (QED) is 0.894. The minimum absolute atomic E-state index is 0.388. The standard InChI is InChI=1S/C18H21NO/c1-13-6-9-18(20)16(10-13)12-19-17-8-7-14-4-2-3-5-15(14)11-17/h2-6,9-10,17,19-20H,7-8,11-12H2,1H3. The number of benzene rings is 2. The van der Waals surface area contributed by atoms with Crippen LogP contribution in [0.1, 0.15) is 28.7 Å². The van der Waals surface area contributed by atoms with Crippen LogP contribution in [0.2, 0.25) is 0 Å². The van der Waals surface area contributed by atoms with Crippen molar-refractivity contribution in [3.8, 4) is 5.75 Å². The second-order valence-electron chi connectivity index (χ2n) is 5.72. The molecule has 1 unspecified atom stereocenters. The summed E-state index contributed by atoms with van der Waals surface area (Å²) < 4.78 is 0. The van der Waals surface area contributed by atoms with E-state index in [-0.39, 0.29) is 0 Å². The Morgan fingerprint density at radius 3 is 2.80 bits per heavy atom. The lowest BCUT2D eigenvalue weighted by molar-refractivity contribution is 0.436. The molecule has 1 aliphatic carbocycles. The first-order chi connectivity index (χ1) is 9.72. The number of fused-ring (bicyclic) bond motifs is 1. The number of hydrogen-bond donors (Lipinski definition) is 2. The van der Waals surface area contributed by atoms with Crippen LogP contribution >= 0.6 is 0 Å². The van der Waals surface area contributed by atoms with Gasteiger partial charge in [-0.1, -0.05) is 42.0 Å². The monoisotopic (exact) mass is 267 g/mol. The summed E-state index contributed by atoms with van der Waals surface area (Å²) in [5, 5.41) is 13.5. The number of nitrogens with one attached hydrogen (secondary N) is 1.